The van der Waals surface area contributed by atoms with E-state index in [-0.39, 0.29) is 36.5 Å². The number of aliphatic hydroxyl groups excluding tert-OH is 1. The maximum absolute atomic E-state index is 12.4. The van der Waals surface area contributed by atoms with Gasteiger partial charge in [-0.05, 0) is 12.8 Å². The molecule has 10 heteroatoms. The zero-order chi connectivity index (χ0) is 16.6. The standard InChI is InChI=1S/C13H21F3N4OS.HI/c1-3-17-12(19-6-9(2)7-21)18-5-4-11-20-10(8-22-11)13(14,15)16;/h8-9,21H,3-7H2,1-2H3,(H2,17,18,19);1H. The SMILES string of the molecule is CCNC(=NCC(C)CO)NCCc1nc(C(F)(F)F)cs1.I. The van der Waals surface area contributed by atoms with E-state index in [2.05, 4.69) is 20.6 Å². The molecule has 0 aliphatic carbocycles. The number of aromatic nitrogens is 1. The van der Waals surface area contributed by atoms with Crippen LogP contribution in [0.1, 0.15) is 24.5 Å². The topological polar surface area (TPSA) is 69.5 Å². The van der Waals surface area contributed by atoms with Gasteiger partial charge in [0.1, 0.15) is 0 Å². The van der Waals surface area contributed by atoms with Crippen LogP contribution in [-0.2, 0) is 12.6 Å². The lowest BCUT2D eigenvalue weighted by atomic mass is 10.2. The molecule has 1 heterocycles. The van der Waals surface area contributed by atoms with Crippen LogP contribution in [-0.4, -0.2) is 42.3 Å². The predicted octanol–water partition coefficient (Wildman–Crippen LogP) is 2.51. The lowest BCUT2D eigenvalue weighted by Gasteiger charge is -2.12. The Bertz CT molecular complexity index is 482. The molecule has 3 N–H and O–H groups in total. The van der Waals surface area contributed by atoms with Crippen molar-refractivity contribution in [2.24, 2.45) is 10.9 Å². The summed E-state index contributed by atoms with van der Waals surface area (Å²) < 4.78 is 37.3. The highest BCUT2D eigenvalue weighted by atomic mass is 127. The fraction of sp³-hybridized carbons (Fsp3) is 0.692. The lowest BCUT2D eigenvalue weighted by Crippen LogP contribution is -2.38. The summed E-state index contributed by atoms with van der Waals surface area (Å²) in [5.74, 6) is 0.638. The molecule has 0 amide bonds. The molecule has 0 aliphatic heterocycles. The summed E-state index contributed by atoms with van der Waals surface area (Å²) in [6, 6.07) is 0. The number of nitrogens with one attached hydrogen (secondary N) is 2. The van der Waals surface area contributed by atoms with Crippen molar-refractivity contribution in [3.63, 3.8) is 0 Å². The first-order chi connectivity index (χ1) is 10.4. The van der Waals surface area contributed by atoms with E-state index in [0.29, 0.717) is 37.0 Å². The van der Waals surface area contributed by atoms with E-state index in [1.54, 1.807) is 0 Å². The molecule has 0 radical (unpaired) electrons. The minimum atomic E-state index is -4.39. The zero-order valence-electron chi connectivity index (χ0n) is 13.0. The average molecular weight is 466 g/mol. The Morgan fingerprint density at radius 2 is 2.13 bits per heavy atom. The molecule has 23 heavy (non-hydrogen) atoms. The number of rotatable bonds is 7. The molecule has 1 aromatic rings. The molecule has 1 unspecified atom stereocenters. The van der Waals surface area contributed by atoms with Crippen molar-refractivity contribution in [1.29, 1.82) is 0 Å². The molecule has 0 fully saturated rings. The molecular formula is C13H22F3IN4OS. The largest absolute Gasteiger partial charge is 0.434 e. The van der Waals surface area contributed by atoms with E-state index in [9.17, 15) is 13.2 Å². The smallest absolute Gasteiger partial charge is 0.396 e. The molecule has 0 saturated carbocycles. The molecule has 0 saturated heterocycles. The van der Waals surface area contributed by atoms with Gasteiger partial charge in [-0.3, -0.25) is 4.99 Å². The second-order valence-corrected chi connectivity index (χ2v) is 5.75. The molecule has 5 nitrogen and oxygen atoms in total. The van der Waals surface area contributed by atoms with E-state index in [4.69, 9.17) is 5.11 Å². The number of alkyl halides is 3. The van der Waals surface area contributed by atoms with E-state index in [1.165, 1.54) is 0 Å². The average Bonchev–Trinajstić information content (AvgIpc) is 2.93. The fourth-order valence-corrected chi connectivity index (χ4v) is 2.30. The Hall–Kier alpha value is -0.620. The minimum Gasteiger partial charge on any atom is -0.396 e. The fourth-order valence-electron chi connectivity index (χ4n) is 1.49. The maximum Gasteiger partial charge on any atom is 0.434 e. The van der Waals surface area contributed by atoms with E-state index < -0.39 is 11.9 Å². The maximum atomic E-state index is 12.4. The molecule has 0 bridgehead atoms. The van der Waals surface area contributed by atoms with Crippen molar-refractivity contribution in [1.82, 2.24) is 15.6 Å². The molecule has 1 atom stereocenters. The first-order valence-electron chi connectivity index (χ1n) is 7.01. The van der Waals surface area contributed by atoms with Gasteiger partial charge in [0.25, 0.3) is 0 Å². The minimum absolute atomic E-state index is 0. The molecule has 0 aliphatic rings. The molecule has 1 aromatic heterocycles. The Labute approximate surface area is 154 Å². The van der Waals surface area contributed by atoms with Gasteiger partial charge in [-0.25, -0.2) is 4.98 Å². The van der Waals surface area contributed by atoms with Crippen LogP contribution in [0.15, 0.2) is 10.4 Å². The summed E-state index contributed by atoms with van der Waals surface area (Å²) in [4.78, 5) is 7.87. The van der Waals surface area contributed by atoms with Crippen molar-refractivity contribution in [2.75, 3.05) is 26.2 Å². The van der Waals surface area contributed by atoms with Crippen molar-refractivity contribution in [3.8, 4) is 0 Å². The van der Waals surface area contributed by atoms with Crippen LogP contribution in [0.4, 0.5) is 13.2 Å². The van der Waals surface area contributed by atoms with Crippen molar-refractivity contribution in [3.05, 3.63) is 16.1 Å². The van der Waals surface area contributed by atoms with Crippen LogP contribution in [0.3, 0.4) is 0 Å². The van der Waals surface area contributed by atoms with Gasteiger partial charge in [-0.1, -0.05) is 6.92 Å². The number of nitrogens with zero attached hydrogens (tertiary/aromatic N) is 2. The predicted molar refractivity (Wildman–Crippen MR) is 96.5 cm³/mol. The van der Waals surface area contributed by atoms with Gasteiger partial charge in [0, 0.05) is 38.0 Å². The summed E-state index contributed by atoms with van der Waals surface area (Å²) >= 11 is 0.999. The van der Waals surface area contributed by atoms with Crippen LogP contribution in [0.25, 0.3) is 0 Å². The molecule has 0 spiro atoms. The summed E-state index contributed by atoms with van der Waals surface area (Å²) in [7, 11) is 0. The third kappa shape index (κ3) is 8.70. The molecule has 1 rings (SSSR count). The third-order valence-electron chi connectivity index (χ3n) is 2.69. The number of hydrogen-bond donors (Lipinski definition) is 3. The number of aliphatic imine (C=N–C) groups is 1. The van der Waals surface area contributed by atoms with Gasteiger partial charge in [0.05, 0.1) is 5.01 Å². The van der Waals surface area contributed by atoms with Gasteiger partial charge in [0.2, 0.25) is 0 Å². The highest BCUT2D eigenvalue weighted by Crippen LogP contribution is 2.29. The Morgan fingerprint density at radius 3 is 2.65 bits per heavy atom. The van der Waals surface area contributed by atoms with Crippen LogP contribution in [0.5, 0.6) is 0 Å². The number of halogens is 4. The number of guanidine groups is 1. The monoisotopic (exact) mass is 466 g/mol. The van der Waals surface area contributed by atoms with E-state index in [1.807, 2.05) is 13.8 Å². The van der Waals surface area contributed by atoms with Gasteiger partial charge >= 0.3 is 6.18 Å². The number of hydrogen-bond acceptors (Lipinski definition) is 4. The quantitative estimate of drug-likeness (QED) is 0.328. The zero-order valence-corrected chi connectivity index (χ0v) is 16.1. The molecule has 0 aromatic carbocycles. The van der Waals surface area contributed by atoms with Crippen LogP contribution in [0.2, 0.25) is 0 Å². The van der Waals surface area contributed by atoms with Crippen LogP contribution in [0, 0.1) is 5.92 Å². The van der Waals surface area contributed by atoms with Crippen molar-refractivity contribution in [2.45, 2.75) is 26.4 Å². The van der Waals surface area contributed by atoms with Gasteiger partial charge in [-0.2, -0.15) is 13.2 Å². The van der Waals surface area contributed by atoms with Crippen molar-refractivity contribution < 1.29 is 18.3 Å². The summed E-state index contributed by atoms with van der Waals surface area (Å²) in [6.07, 6.45) is -4.00. The number of aliphatic hydroxyl groups is 1. The van der Waals surface area contributed by atoms with Gasteiger partial charge in [-0.15, -0.1) is 35.3 Å². The van der Waals surface area contributed by atoms with E-state index >= 15 is 0 Å². The lowest BCUT2D eigenvalue weighted by molar-refractivity contribution is -0.140. The summed E-state index contributed by atoms with van der Waals surface area (Å²) in [5.41, 5.74) is -0.843. The molecular weight excluding hydrogens is 444 g/mol. The van der Waals surface area contributed by atoms with Crippen LogP contribution < -0.4 is 10.6 Å². The highest BCUT2D eigenvalue weighted by Gasteiger charge is 2.33. The van der Waals surface area contributed by atoms with Crippen LogP contribution >= 0.6 is 35.3 Å². The van der Waals surface area contributed by atoms with E-state index in [0.717, 1.165) is 16.7 Å². The normalized spacial score (nSPS) is 13.4. The Kier molecular flexibility index (Phi) is 10.7. The Morgan fingerprint density at radius 1 is 1.43 bits per heavy atom. The molecule has 134 valence electrons. The summed E-state index contributed by atoms with van der Waals surface area (Å²) in [6.45, 7) is 5.44. The first-order valence-corrected chi connectivity index (χ1v) is 7.89. The number of thiazole rings is 1. The first kappa shape index (κ1) is 22.4. The third-order valence-corrected chi connectivity index (χ3v) is 3.60. The Balaban J connectivity index is 0.00000484. The second kappa shape index (κ2) is 11.0. The van der Waals surface area contributed by atoms with Crippen molar-refractivity contribution >= 4 is 41.3 Å². The summed E-state index contributed by atoms with van der Waals surface area (Å²) in [5, 5.41) is 16.5. The highest BCUT2D eigenvalue weighted by molar-refractivity contribution is 14.0. The second-order valence-electron chi connectivity index (χ2n) is 4.81. The van der Waals surface area contributed by atoms with Gasteiger partial charge in [0.15, 0.2) is 11.7 Å². The van der Waals surface area contributed by atoms with Gasteiger partial charge < -0.3 is 15.7 Å².